The van der Waals surface area contributed by atoms with Crippen LogP contribution < -0.4 is 19.7 Å². The summed E-state index contributed by atoms with van der Waals surface area (Å²) in [6.07, 6.45) is 5.88. The number of nitrogens with zero attached hydrogens (tertiary/aromatic N) is 1. The predicted molar refractivity (Wildman–Crippen MR) is 127 cm³/mol. The van der Waals surface area contributed by atoms with Crippen molar-refractivity contribution in [1.29, 1.82) is 0 Å². The molecule has 4 rings (SSSR count). The molecule has 2 aliphatic rings. The van der Waals surface area contributed by atoms with Crippen molar-refractivity contribution in [2.45, 2.75) is 54.7 Å². The molecule has 7 heteroatoms. The number of carbonyl (C=O) groups is 2. The van der Waals surface area contributed by atoms with Crippen molar-refractivity contribution in [2.24, 2.45) is 0 Å². The standard InChI is InChI=1S/C25H30N2O4S/c1-30-20-13-12-17(14-21(20)31-2)23-15-25(29)27(19-10-6-7-11-22(19)32-23)16-24(28)26-18-8-4-3-5-9-18/h6-7,10-14,18,23H,3-5,8-9,15-16H2,1-2H3,(H,26,28)/t23-/m0/s1. The molecule has 6 nitrogen and oxygen atoms in total. The highest BCUT2D eigenvalue weighted by Gasteiger charge is 2.31. The predicted octanol–water partition coefficient (Wildman–Crippen LogP) is 4.72. The maximum atomic E-state index is 13.3. The lowest BCUT2D eigenvalue weighted by Crippen LogP contribution is -2.45. The number of para-hydroxylation sites is 1. The van der Waals surface area contributed by atoms with E-state index in [2.05, 4.69) is 5.32 Å². The zero-order valence-corrected chi connectivity index (χ0v) is 19.5. The number of carbonyl (C=O) groups excluding carboxylic acids is 2. The minimum atomic E-state index is -0.0883. The lowest BCUT2D eigenvalue weighted by Gasteiger charge is -2.26. The second kappa shape index (κ2) is 10.3. The van der Waals surface area contributed by atoms with Crippen molar-refractivity contribution >= 4 is 29.3 Å². The molecule has 1 aliphatic carbocycles. The highest BCUT2D eigenvalue weighted by Crippen LogP contribution is 2.46. The van der Waals surface area contributed by atoms with Gasteiger partial charge in [-0.2, -0.15) is 0 Å². The summed E-state index contributed by atoms with van der Waals surface area (Å²) in [5.41, 5.74) is 1.79. The average molecular weight is 455 g/mol. The van der Waals surface area contributed by atoms with E-state index in [1.807, 2.05) is 42.5 Å². The molecule has 0 aromatic heterocycles. The molecule has 0 bridgehead atoms. The molecule has 2 amide bonds. The third kappa shape index (κ3) is 5.04. The van der Waals surface area contributed by atoms with E-state index in [0.717, 1.165) is 41.8 Å². The first kappa shape index (κ1) is 22.5. The summed E-state index contributed by atoms with van der Waals surface area (Å²) in [5, 5.41) is 3.05. The molecule has 1 N–H and O–H groups in total. The third-order valence-corrected chi connectivity index (χ3v) is 7.46. The van der Waals surface area contributed by atoms with E-state index in [4.69, 9.17) is 9.47 Å². The Morgan fingerprint density at radius 1 is 1.06 bits per heavy atom. The first-order valence-electron chi connectivity index (χ1n) is 11.2. The summed E-state index contributed by atoms with van der Waals surface area (Å²) in [4.78, 5) is 28.8. The van der Waals surface area contributed by atoms with Gasteiger partial charge in [0.05, 0.1) is 19.9 Å². The molecule has 32 heavy (non-hydrogen) atoms. The van der Waals surface area contributed by atoms with E-state index >= 15 is 0 Å². The Kier molecular flexibility index (Phi) is 7.25. The quantitative estimate of drug-likeness (QED) is 0.684. The van der Waals surface area contributed by atoms with Gasteiger partial charge >= 0.3 is 0 Å². The van der Waals surface area contributed by atoms with Crippen molar-refractivity contribution in [3.8, 4) is 11.5 Å². The highest BCUT2D eigenvalue weighted by molar-refractivity contribution is 7.99. The number of hydrogen-bond acceptors (Lipinski definition) is 5. The van der Waals surface area contributed by atoms with Gasteiger partial charge in [-0.25, -0.2) is 0 Å². The number of amides is 2. The van der Waals surface area contributed by atoms with E-state index < -0.39 is 0 Å². The van der Waals surface area contributed by atoms with Crippen LogP contribution in [0.25, 0.3) is 0 Å². The highest BCUT2D eigenvalue weighted by atomic mass is 32.2. The zero-order valence-electron chi connectivity index (χ0n) is 18.6. The van der Waals surface area contributed by atoms with E-state index in [0.29, 0.717) is 17.9 Å². The van der Waals surface area contributed by atoms with E-state index in [-0.39, 0.29) is 29.7 Å². The monoisotopic (exact) mass is 454 g/mol. The van der Waals surface area contributed by atoms with Crippen LogP contribution in [-0.4, -0.2) is 38.6 Å². The van der Waals surface area contributed by atoms with Crippen LogP contribution in [0.15, 0.2) is 47.4 Å². The van der Waals surface area contributed by atoms with E-state index in [9.17, 15) is 9.59 Å². The largest absolute Gasteiger partial charge is 0.493 e. The number of thioether (sulfide) groups is 1. The van der Waals surface area contributed by atoms with Crippen LogP contribution in [0.1, 0.15) is 49.3 Å². The molecule has 2 aromatic rings. The van der Waals surface area contributed by atoms with Gasteiger partial charge in [0.15, 0.2) is 11.5 Å². The molecule has 0 unspecified atom stereocenters. The molecular weight excluding hydrogens is 424 g/mol. The Bertz CT molecular complexity index is 974. The number of anilines is 1. The molecule has 1 fully saturated rings. The SMILES string of the molecule is COc1ccc([C@@H]2CC(=O)N(CC(=O)NC3CCCCC3)c3ccccc3S2)cc1OC. The van der Waals surface area contributed by atoms with E-state index in [1.165, 1.54) is 6.42 Å². The number of nitrogens with one attached hydrogen (secondary N) is 1. The molecule has 170 valence electrons. The number of rotatable bonds is 6. The van der Waals surface area contributed by atoms with Gasteiger partial charge in [0.25, 0.3) is 0 Å². The lowest BCUT2D eigenvalue weighted by atomic mass is 9.95. The normalized spacial score (nSPS) is 19.1. The molecule has 2 aromatic carbocycles. The molecule has 1 aliphatic heterocycles. The molecular formula is C25H30N2O4S. The summed E-state index contributed by atoms with van der Waals surface area (Å²) >= 11 is 1.64. The summed E-state index contributed by atoms with van der Waals surface area (Å²) in [7, 11) is 3.21. The fraction of sp³-hybridized carbons (Fsp3) is 0.440. The summed E-state index contributed by atoms with van der Waals surface area (Å²) < 4.78 is 10.8. The van der Waals surface area contributed by atoms with Gasteiger partial charge in [0, 0.05) is 22.6 Å². The minimum absolute atomic E-state index is 0.0472. The average Bonchev–Trinajstić information content (AvgIpc) is 2.95. The molecule has 0 radical (unpaired) electrons. The van der Waals surface area contributed by atoms with Crippen LogP contribution in [0.2, 0.25) is 0 Å². The first-order chi connectivity index (χ1) is 15.6. The van der Waals surface area contributed by atoms with Crippen LogP contribution >= 0.6 is 11.8 Å². The number of hydrogen-bond donors (Lipinski definition) is 1. The van der Waals surface area contributed by atoms with E-state index in [1.54, 1.807) is 30.9 Å². The summed E-state index contributed by atoms with van der Waals surface area (Å²) in [5.74, 6) is 1.15. The van der Waals surface area contributed by atoms with Crippen LogP contribution in [-0.2, 0) is 9.59 Å². The van der Waals surface area contributed by atoms with Crippen LogP contribution in [0.4, 0.5) is 5.69 Å². The smallest absolute Gasteiger partial charge is 0.240 e. The van der Waals surface area contributed by atoms with Gasteiger partial charge in [0.1, 0.15) is 6.54 Å². The second-order valence-electron chi connectivity index (χ2n) is 8.28. The Balaban J connectivity index is 1.56. The minimum Gasteiger partial charge on any atom is -0.493 e. The fourth-order valence-corrected chi connectivity index (χ4v) is 5.73. The van der Waals surface area contributed by atoms with Gasteiger partial charge in [-0.3, -0.25) is 9.59 Å². The van der Waals surface area contributed by atoms with Gasteiger partial charge in [-0.05, 0) is 42.7 Å². The number of fused-ring (bicyclic) bond motifs is 1. The molecule has 0 saturated heterocycles. The van der Waals surface area contributed by atoms with Crippen molar-refractivity contribution < 1.29 is 19.1 Å². The molecule has 1 saturated carbocycles. The van der Waals surface area contributed by atoms with Gasteiger partial charge in [-0.1, -0.05) is 37.5 Å². The van der Waals surface area contributed by atoms with Crippen molar-refractivity contribution in [1.82, 2.24) is 5.32 Å². The van der Waals surface area contributed by atoms with Crippen molar-refractivity contribution in [3.63, 3.8) is 0 Å². The maximum absolute atomic E-state index is 13.3. The number of ether oxygens (including phenoxy) is 2. The third-order valence-electron chi connectivity index (χ3n) is 6.14. The molecule has 0 spiro atoms. The van der Waals surface area contributed by atoms with Crippen molar-refractivity contribution in [3.05, 3.63) is 48.0 Å². The summed E-state index contributed by atoms with van der Waals surface area (Å²) in [6, 6.07) is 13.8. The zero-order chi connectivity index (χ0) is 22.5. The number of methoxy groups -OCH3 is 2. The Hall–Kier alpha value is -2.67. The van der Waals surface area contributed by atoms with Gasteiger partial charge in [-0.15, -0.1) is 11.8 Å². The van der Waals surface area contributed by atoms with Crippen molar-refractivity contribution in [2.75, 3.05) is 25.7 Å². The molecule has 1 atom stereocenters. The Labute approximate surface area is 193 Å². The molecule has 1 heterocycles. The topological polar surface area (TPSA) is 67.9 Å². The fourth-order valence-electron chi connectivity index (χ4n) is 4.45. The maximum Gasteiger partial charge on any atom is 0.240 e. The van der Waals surface area contributed by atoms with Gasteiger partial charge < -0.3 is 19.7 Å². The van der Waals surface area contributed by atoms with Gasteiger partial charge in [0.2, 0.25) is 11.8 Å². The second-order valence-corrected chi connectivity index (χ2v) is 9.52. The Morgan fingerprint density at radius 2 is 1.81 bits per heavy atom. The number of benzene rings is 2. The van der Waals surface area contributed by atoms with Crippen LogP contribution in [0, 0.1) is 0 Å². The van der Waals surface area contributed by atoms with Crippen LogP contribution in [0.5, 0.6) is 11.5 Å². The Morgan fingerprint density at radius 3 is 2.56 bits per heavy atom. The van der Waals surface area contributed by atoms with Crippen LogP contribution in [0.3, 0.4) is 0 Å². The lowest BCUT2D eigenvalue weighted by molar-refractivity contribution is -0.124. The summed E-state index contributed by atoms with van der Waals surface area (Å²) in [6.45, 7) is 0.0472. The first-order valence-corrected chi connectivity index (χ1v) is 12.0.